The number of hydrogen-bond acceptors (Lipinski definition) is 4. The lowest BCUT2D eigenvalue weighted by molar-refractivity contribution is -0.0436. The molecule has 1 amide bonds. The first-order valence-corrected chi connectivity index (χ1v) is 13.2. The fourth-order valence-electron chi connectivity index (χ4n) is 4.29. The molecule has 0 unspecified atom stereocenters. The van der Waals surface area contributed by atoms with Gasteiger partial charge in [-0.3, -0.25) is 4.79 Å². The minimum absolute atomic E-state index is 0.0203. The van der Waals surface area contributed by atoms with Crippen molar-refractivity contribution in [3.63, 3.8) is 0 Å². The van der Waals surface area contributed by atoms with Gasteiger partial charge in [-0.25, -0.2) is 17.2 Å². The van der Waals surface area contributed by atoms with Crippen LogP contribution in [0.1, 0.15) is 42.6 Å². The molecule has 3 aromatic rings. The number of carbonyl (C=O) groups is 1. The lowest BCUT2D eigenvalue weighted by Gasteiger charge is -2.28. The molecule has 0 heterocycles. The fraction of sp³-hybridized carbons (Fsp3) is 0.269. The summed E-state index contributed by atoms with van der Waals surface area (Å²) in [5.74, 6) is -2.82. The van der Waals surface area contributed by atoms with E-state index < -0.39 is 54.0 Å². The highest BCUT2D eigenvalue weighted by Gasteiger charge is 2.47. The predicted molar refractivity (Wildman–Crippen MR) is 132 cm³/mol. The van der Waals surface area contributed by atoms with Gasteiger partial charge in [-0.2, -0.15) is 13.2 Å². The number of sulfone groups is 1. The van der Waals surface area contributed by atoms with E-state index in [1.165, 1.54) is 18.2 Å². The van der Waals surface area contributed by atoms with Gasteiger partial charge in [0, 0.05) is 17.2 Å². The Labute approximate surface area is 220 Å². The number of benzene rings is 3. The monoisotopic (exact) mass is 573 g/mol. The molecule has 0 radical (unpaired) electrons. The largest absolute Gasteiger partial charge is 0.507 e. The topological polar surface area (TPSA) is 83.5 Å². The van der Waals surface area contributed by atoms with Gasteiger partial charge in [0.2, 0.25) is 0 Å². The third-order valence-electron chi connectivity index (χ3n) is 6.69. The molecule has 202 valence electrons. The number of alkyl halides is 3. The van der Waals surface area contributed by atoms with Crippen LogP contribution in [0.15, 0.2) is 53.4 Å². The Hall–Kier alpha value is -3.18. The molecule has 0 saturated heterocycles. The first-order chi connectivity index (χ1) is 17.5. The van der Waals surface area contributed by atoms with Crippen molar-refractivity contribution in [1.29, 1.82) is 0 Å². The first-order valence-electron chi connectivity index (χ1n) is 11.3. The number of anilines is 1. The zero-order valence-corrected chi connectivity index (χ0v) is 21.5. The van der Waals surface area contributed by atoms with Crippen LogP contribution in [0.3, 0.4) is 0 Å². The van der Waals surface area contributed by atoms with E-state index in [0.717, 1.165) is 25.0 Å². The number of phenols is 1. The number of hydrogen-bond donors (Lipinski definition) is 2. The van der Waals surface area contributed by atoms with E-state index in [9.17, 15) is 40.3 Å². The molecule has 2 N–H and O–H groups in total. The minimum Gasteiger partial charge on any atom is -0.507 e. The Balaban J connectivity index is 1.78. The normalized spacial score (nSPS) is 14.4. The van der Waals surface area contributed by atoms with Crippen molar-refractivity contribution in [3.05, 3.63) is 76.3 Å². The number of nitrogens with one attached hydrogen (secondary N) is 1. The van der Waals surface area contributed by atoms with E-state index in [2.05, 4.69) is 5.32 Å². The van der Waals surface area contributed by atoms with Crippen LogP contribution < -0.4 is 5.32 Å². The molecule has 3 aromatic carbocycles. The van der Waals surface area contributed by atoms with Crippen molar-refractivity contribution in [2.24, 2.45) is 5.92 Å². The maximum Gasteiger partial charge on any atom is 0.501 e. The van der Waals surface area contributed by atoms with Gasteiger partial charge in [-0.1, -0.05) is 25.4 Å². The zero-order valence-electron chi connectivity index (χ0n) is 20.0. The second-order valence-corrected chi connectivity index (χ2v) is 11.9. The van der Waals surface area contributed by atoms with Crippen LogP contribution in [-0.2, 0) is 15.3 Å². The third-order valence-corrected chi connectivity index (χ3v) is 8.49. The van der Waals surface area contributed by atoms with Crippen LogP contribution >= 0.6 is 11.6 Å². The number of aromatic hydroxyl groups is 1. The summed E-state index contributed by atoms with van der Waals surface area (Å²) < 4.78 is 90.1. The number of amides is 1. The summed E-state index contributed by atoms with van der Waals surface area (Å²) in [6.45, 7) is 3.73. The van der Waals surface area contributed by atoms with Crippen LogP contribution in [0.2, 0.25) is 5.02 Å². The standard InChI is InChI=1S/C26H21ClF5NO4S/c1-25(2,14-3-4-14)19-10-13(17-7-5-15(28)11-21(17)29)9-18(23(19)34)24(35)33-22-8-6-16(12-20(22)27)38(36,37)26(30,31)32/h5-12,14,34H,3-4H2,1-2H3,(H,33,35). The van der Waals surface area contributed by atoms with Crippen molar-refractivity contribution < 1.29 is 40.3 Å². The Bertz CT molecular complexity index is 1550. The molecule has 0 aliphatic heterocycles. The van der Waals surface area contributed by atoms with Crippen LogP contribution in [-0.4, -0.2) is 24.9 Å². The smallest absolute Gasteiger partial charge is 0.501 e. The van der Waals surface area contributed by atoms with Crippen LogP contribution in [0.4, 0.5) is 27.6 Å². The zero-order chi connectivity index (χ0) is 28.2. The molecule has 1 saturated carbocycles. The average molecular weight is 574 g/mol. The van der Waals surface area contributed by atoms with Crippen LogP contribution in [0.5, 0.6) is 5.75 Å². The molecule has 5 nitrogen and oxygen atoms in total. The van der Waals surface area contributed by atoms with Crippen molar-refractivity contribution in [3.8, 4) is 16.9 Å². The fourth-order valence-corrected chi connectivity index (χ4v) is 5.37. The highest BCUT2D eigenvalue weighted by Crippen LogP contribution is 2.51. The van der Waals surface area contributed by atoms with Crippen molar-refractivity contribution in [2.75, 3.05) is 5.32 Å². The molecular formula is C26H21ClF5NO4S. The molecule has 4 rings (SSSR count). The van der Waals surface area contributed by atoms with E-state index in [0.29, 0.717) is 23.8 Å². The summed E-state index contributed by atoms with van der Waals surface area (Å²) >= 11 is 5.98. The van der Waals surface area contributed by atoms with Crippen molar-refractivity contribution in [1.82, 2.24) is 0 Å². The quantitative estimate of drug-likeness (QED) is 0.305. The maximum absolute atomic E-state index is 14.6. The molecule has 0 aromatic heterocycles. The average Bonchev–Trinajstić information content (AvgIpc) is 3.66. The Kier molecular flexibility index (Phi) is 6.98. The number of carbonyl (C=O) groups excluding carboxylic acids is 1. The van der Waals surface area contributed by atoms with E-state index in [-0.39, 0.29) is 28.3 Å². The second kappa shape index (κ2) is 9.53. The van der Waals surface area contributed by atoms with Crippen molar-refractivity contribution >= 4 is 33.0 Å². The predicted octanol–water partition coefficient (Wildman–Crippen LogP) is 7.22. The van der Waals surface area contributed by atoms with Gasteiger partial charge < -0.3 is 10.4 Å². The van der Waals surface area contributed by atoms with Gasteiger partial charge in [0.25, 0.3) is 15.7 Å². The van der Waals surface area contributed by atoms with Crippen LogP contribution in [0.25, 0.3) is 11.1 Å². The highest BCUT2D eigenvalue weighted by atomic mass is 35.5. The molecule has 0 bridgehead atoms. The molecular weight excluding hydrogens is 553 g/mol. The molecule has 1 fully saturated rings. The molecule has 38 heavy (non-hydrogen) atoms. The van der Waals surface area contributed by atoms with Gasteiger partial charge >= 0.3 is 5.51 Å². The third kappa shape index (κ3) is 5.09. The van der Waals surface area contributed by atoms with E-state index in [4.69, 9.17) is 11.6 Å². The summed E-state index contributed by atoms with van der Waals surface area (Å²) in [5.41, 5.74) is -6.16. The molecule has 1 aliphatic rings. The maximum atomic E-state index is 14.6. The lowest BCUT2D eigenvalue weighted by atomic mass is 9.77. The van der Waals surface area contributed by atoms with Gasteiger partial charge in [-0.15, -0.1) is 0 Å². The summed E-state index contributed by atoms with van der Waals surface area (Å²) in [7, 11) is -5.67. The Morgan fingerprint density at radius 2 is 1.68 bits per heavy atom. The first kappa shape index (κ1) is 27.8. The summed E-state index contributed by atoms with van der Waals surface area (Å²) in [4.78, 5) is 12.1. The van der Waals surface area contributed by atoms with Crippen molar-refractivity contribution in [2.45, 2.75) is 42.5 Å². The van der Waals surface area contributed by atoms with Gasteiger partial charge in [0.05, 0.1) is 21.2 Å². The summed E-state index contributed by atoms with van der Waals surface area (Å²) in [5, 5.41) is 12.9. The molecule has 0 spiro atoms. The van der Waals surface area contributed by atoms with Crippen LogP contribution in [0, 0.1) is 17.6 Å². The number of rotatable bonds is 6. The SMILES string of the molecule is CC(C)(c1cc(-c2ccc(F)cc2F)cc(C(=O)Nc2ccc(S(=O)(=O)C(F)(F)F)cc2Cl)c1O)C1CC1. The van der Waals surface area contributed by atoms with E-state index in [1.54, 1.807) is 0 Å². The van der Waals surface area contributed by atoms with Gasteiger partial charge in [-0.05, 0) is 72.2 Å². The molecule has 12 heteroatoms. The second-order valence-electron chi connectivity index (χ2n) is 9.59. The lowest BCUT2D eigenvalue weighted by Crippen LogP contribution is -2.23. The number of phenolic OH excluding ortho intramolecular Hbond substituents is 1. The van der Waals surface area contributed by atoms with E-state index in [1.807, 2.05) is 13.8 Å². The van der Waals surface area contributed by atoms with Gasteiger partial charge in [0.1, 0.15) is 17.4 Å². The van der Waals surface area contributed by atoms with E-state index >= 15 is 0 Å². The highest BCUT2D eigenvalue weighted by molar-refractivity contribution is 7.92. The summed E-state index contributed by atoms with van der Waals surface area (Å²) in [6, 6.07) is 7.73. The molecule has 1 aliphatic carbocycles. The Morgan fingerprint density at radius 1 is 1.03 bits per heavy atom. The molecule has 0 atom stereocenters. The number of halogens is 6. The minimum atomic E-state index is -5.67. The summed E-state index contributed by atoms with van der Waals surface area (Å²) in [6.07, 6.45) is 1.76. The Morgan fingerprint density at radius 3 is 2.24 bits per heavy atom. The van der Waals surface area contributed by atoms with Gasteiger partial charge in [0.15, 0.2) is 0 Å².